The van der Waals surface area contributed by atoms with E-state index in [0.717, 1.165) is 4.90 Å². The number of carbonyl (C=O) groups excluding carboxylic acids is 1. The lowest BCUT2D eigenvalue weighted by molar-refractivity contribution is -0.162. The standard InChI is InChI=1S/C14H19F3N2O/c1-18-9-5-8-13(20)19(11-14(15,16)17)10-12-6-3-2-4-7-12/h2-4,6-7,18H,5,8-11H2,1H3. The van der Waals surface area contributed by atoms with Crippen LogP contribution in [0.15, 0.2) is 30.3 Å². The van der Waals surface area contributed by atoms with Crippen LogP contribution in [0.2, 0.25) is 0 Å². The summed E-state index contributed by atoms with van der Waals surface area (Å²) >= 11 is 0. The monoisotopic (exact) mass is 288 g/mol. The molecule has 1 N–H and O–H groups in total. The predicted octanol–water partition coefficient (Wildman–Crippen LogP) is 2.58. The Balaban J connectivity index is 2.67. The maximum Gasteiger partial charge on any atom is 0.406 e. The van der Waals surface area contributed by atoms with Gasteiger partial charge >= 0.3 is 6.18 Å². The highest BCUT2D eigenvalue weighted by Crippen LogP contribution is 2.19. The van der Waals surface area contributed by atoms with Crippen molar-refractivity contribution < 1.29 is 18.0 Å². The Kier molecular flexibility index (Phi) is 6.51. The van der Waals surface area contributed by atoms with Crippen LogP contribution in [0.4, 0.5) is 13.2 Å². The highest BCUT2D eigenvalue weighted by Gasteiger charge is 2.32. The van der Waals surface area contributed by atoms with E-state index in [9.17, 15) is 18.0 Å². The third-order valence-electron chi connectivity index (χ3n) is 2.76. The fourth-order valence-electron chi connectivity index (χ4n) is 1.83. The van der Waals surface area contributed by atoms with Gasteiger partial charge in [0.2, 0.25) is 5.91 Å². The molecule has 20 heavy (non-hydrogen) atoms. The van der Waals surface area contributed by atoms with Gasteiger partial charge in [-0.25, -0.2) is 0 Å². The zero-order valence-corrected chi connectivity index (χ0v) is 11.4. The molecule has 1 aromatic carbocycles. The maximum absolute atomic E-state index is 12.6. The lowest BCUT2D eigenvalue weighted by Crippen LogP contribution is -2.38. The van der Waals surface area contributed by atoms with E-state index in [1.807, 2.05) is 0 Å². The van der Waals surface area contributed by atoms with Gasteiger partial charge in [-0.05, 0) is 25.6 Å². The first kappa shape index (κ1) is 16.5. The molecule has 0 saturated heterocycles. The lowest BCUT2D eigenvalue weighted by atomic mass is 10.2. The molecule has 6 heteroatoms. The van der Waals surface area contributed by atoms with Crippen LogP contribution in [0.5, 0.6) is 0 Å². The molecular weight excluding hydrogens is 269 g/mol. The Labute approximate surface area is 116 Å². The summed E-state index contributed by atoms with van der Waals surface area (Å²) in [5.74, 6) is -0.471. The topological polar surface area (TPSA) is 32.3 Å². The fraction of sp³-hybridized carbons (Fsp3) is 0.500. The minimum atomic E-state index is -4.38. The summed E-state index contributed by atoms with van der Waals surface area (Å²) in [6.45, 7) is -0.615. The molecule has 1 rings (SSSR count). The van der Waals surface area contributed by atoms with Crippen molar-refractivity contribution in [2.45, 2.75) is 25.6 Å². The van der Waals surface area contributed by atoms with Crippen molar-refractivity contribution in [2.24, 2.45) is 0 Å². The van der Waals surface area contributed by atoms with Gasteiger partial charge in [0.05, 0.1) is 0 Å². The smallest absolute Gasteiger partial charge is 0.329 e. The van der Waals surface area contributed by atoms with Gasteiger partial charge in [-0.15, -0.1) is 0 Å². The maximum atomic E-state index is 12.6. The average Bonchev–Trinajstić information content (AvgIpc) is 2.38. The fourth-order valence-corrected chi connectivity index (χ4v) is 1.83. The van der Waals surface area contributed by atoms with E-state index in [4.69, 9.17) is 0 Å². The number of carbonyl (C=O) groups is 1. The molecule has 0 atom stereocenters. The number of alkyl halides is 3. The second-order valence-electron chi connectivity index (χ2n) is 4.56. The Morgan fingerprint density at radius 3 is 2.45 bits per heavy atom. The molecular formula is C14H19F3N2O. The first-order chi connectivity index (χ1) is 9.42. The van der Waals surface area contributed by atoms with Gasteiger partial charge in [-0.2, -0.15) is 13.2 Å². The van der Waals surface area contributed by atoms with Crippen LogP contribution in [0.25, 0.3) is 0 Å². The summed E-state index contributed by atoms with van der Waals surface area (Å²) in [4.78, 5) is 12.8. The highest BCUT2D eigenvalue weighted by molar-refractivity contribution is 5.76. The van der Waals surface area contributed by atoms with Crippen molar-refractivity contribution in [3.63, 3.8) is 0 Å². The number of benzene rings is 1. The van der Waals surface area contributed by atoms with E-state index in [-0.39, 0.29) is 13.0 Å². The normalized spacial score (nSPS) is 11.4. The Morgan fingerprint density at radius 1 is 1.25 bits per heavy atom. The van der Waals surface area contributed by atoms with Gasteiger partial charge in [0.15, 0.2) is 0 Å². The van der Waals surface area contributed by atoms with Crippen LogP contribution in [0, 0.1) is 0 Å². The molecule has 0 aliphatic carbocycles. The SMILES string of the molecule is CNCCCC(=O)N(Cc1ccccc1)CC(F)(F)F. The number of halogens is 3. The van der Waals surface area contributed by atoms with Gasteiger partial charge in [0, 0.05) is 13.0 Å². The highest BCUT2D eigenvalue weighted by atomic mass is 19.4. The summed E-state index contributed by atoms with van der Waals surface area (Å²) in [6, 6.07) is 8.69. The van der Waals surface area contributed by atoms with E-state index in [1.54, 1.807) is 37.4 Å². The molecule has 0 fully saturated rings. The molecule has 1 aromatic rings. The average molecular weight is 288 g/mol. The Hall–Kier alpha value is -1.56. The van der Waals surface area contributed by atoms with Gasteiger partial charge in [0.1, 0.15) is 6.54 Å². The van der Waals surface area contributed by atoms with E-state index in [0.29, 0.717) is 18.5 Å². The third-order valence-corrected chi connectivity index (χ3v) is 2.76. The number of nitrogens with zero attached hydrogens (tertiary/aromatic N) is 1. The Morgan fingerprint density at radius 2 is 1.90 bits per heavy atom. The van der Waals surface area contributed by atoms with E-state index in [2.05, 4.69) is 5.32 Å². The number of amides is 1. The van der Waals surface area contributed by atoms with E-state index in [1.165, 1.54) is 0 Å². The molecule has 0 aliphatic rings. The number of hydrogen-bond donors (Lipinski definition) is 1. The Bertz CT molecular complexity index is 407. The molecule has 3 nitrogen and oxygen atoms in total. The second kappa shape index (κ2) is 7.89. The van der Waals surface area contributed by atoms with Crippen molar-refractivity contribution in [2.75, 3.05) is 20.1 Å². The molecule has 112 valence electrons. The number of nitrogens with one attached hydrogen (secondary N) is 1. The molecule has 0 unspecified atom stereocenters. The lowest BCUT2D eigenvalue weighted by Gasteiger charge is -2.24. The number of rotatable bonds is 7. The molecule has 0 radical (unpaired) electrons. The van der Waals surface area contributed by atoms with Crippen molar-refractivity contribution >= 4 is 5.91 Å². The molecule has 0 aliphatic heterocycles. The van der Waals surface area contributed by atoms with Crippen LogP contribution in [0.3, 0.4) is 0 Å². The molecule has 0 saturated carbocycles. The summed E-state index contributed by atoms with van der Waals surface area (Å²) < 4.78 is 37.7. The summed E-state index contributed by atoms with van der Waals surface area (Å²) in [5, 5.41) is 2.87. The van der Waals surface area contributed by atoms with Crippen molar-refractivity contribution in [3.05, 3.63) is 35.9 Å². The molecule has 1 amide bonds. The second-order valence-corrected chi connectivity index (χ2v) is 4.56. The minimum absolute atomic E-state index is 0.0151. The molecule has 0 heterocycles. The van der Waals surface area contributed by atoms with Crippen molar-refractivity contribution in [1.82, 2.24) is 10.2 Å². The van der Waals surface area contributed by atoms with E-state index < -0.39 is 18.6 Å². The summed E-state index contributed by atoms with van der Waals surface area (Å²) in [6.07, 6.45) is -3.74. The summed E-state index contributed by atoms with van der Waals surface area (Å²) in [7, 11) is 1.74. The molecule has 0 aromatic heterocycles. The van der Waals surface area contributed by atoms with Crippen molar-refractivity contribution in [3.8, 4) is 0 Å². The minimum Gasteiger partial charge on any atom is -0.329 e. The predicted molar refractivity (Wildman–Crippen MR) is 71.1 cm³/mol. The van der Waals surface area contributed by atoms with Crippen LogP contribution in [0.1, 0.15) is 18.4 Å². The van der Waals surface area contributed by atoms with Gasteiger partial charge < -0.3 is 10.2 Å². The van der Waals surface area contributed by atoms with Crippen molar-refractivity contribution in [1.29, 1.82) is 0 Å². The van der Waals surface area contributed by atoms with Crippen LogP contribution in [-0.2, 0) is 11.3 Å². The first-order valence-corrected chi connectivity index (χ1v) is 6.45. The zero-order valence-electron chi connectivity index (χ0n) is 11.4. The van der Waals surface area contributed by atoms with Crippen LogP contribution >= 0.6 is 0 Å². The largest absolute Gasteiger partial charge is 0.406 e. The quantitative estimate of drug-likeness (QED) is 0.782. The van der Waals surface area contributed by atoms with E-state index >= 15 is 0 Å². The van der Waals surface area contributed by atoms with Crippen LogP contribution < -0.4 is 5.32 Å². The van der Waals surface area contributed by atoms with Gasteiger partial charge in [-0.1, -0.05) is 30.3 Å². The zero-order chi connectivity index (χ0) is 15.0. The van der Waals surface area contributed by atoms with Gasteiger partial charge in [-0.3, -0.25) is 4.79 Å². The summed E-state index contributed by atoms with van der Waals surface area (Å²) in [5.41, 5.74) is 0.693. The van der Waals surface area contributed by atoms with Crippen LogP contribution in [-0.4, -0.2) is 37.1 Å². The van der Waals surface area contributed by atoms with Gasteiger partial charge in [0.25, 0.3) is 0 Å². The molecule has 0 bridgehead atoms. The first-order valence-electron chi connectivity index (χ1n) is 6.45. The molecule has 0 spiro atoms. The number of hydrogen-bond acceptors (Lipinski definition) is 2. The third kappa shape index (κ3) is 6.56.